The minimum absolute atomic E-state index is 0.0276. The van der Waals surface area contributed by atoms with Crippen LogP contribution in [0.25, 0.3) is 22.0 Å². The average molecular weight is 426 g/mol. The summed E-state index contributed by atoms with van der Waals surface area (Å²) in [7, 11) is 1.77. The molecule has 1 aliphatic rings. The quantitative estimate of drug-likeness (QED) is 0.464. The van der Waals surface area contributed by atoms with E-state index in [2.05, 4.69) is 5.10 Å². The van der Waals surface area contributed by atoms with Crippen molar-refractivity contribution in [2.24, 2.45) is 7.05 Å². The number of hydrogen-bond donors (Lipinski definition) is 0. The van der Waals surface area contributed by atoms with Crippen LogP contribution in [0.4, 0.5) is 10.5 Å². The number of fused-ring (bicyclic) bond motifs is 1. The van der Waals surface area contributed by atoms with Crippen LogP contribution in [0.15, 0.2) is 30.7 Å². The Bertz CT molecular complexity index is 1130. The van der Waals surface area contributed by atoms with Crippen LogP contribution in [0, 0.1) is 10.1 Å². The van der Waals surface area contributed by atoms with Gasteiger partial charge in [-0.1, -0.05) is 0 Å². The van der Waals surface area contributed by atoms with E-state index in [9.17, 15) is 14.9 Å². The molecule has 0 N–H and O–H groups in total. The molecule has 3 aromatic rings. The second-order valence-electron chi connectivity index (χ2n) is 8.90. The van der Waals surface area contributed by atoms with E-state index in [-0.39, 0.29) is 22.7 Å². The standard InChI is InChI=1S/C21H26N6O4/c1-21(2,3)31-20(28)25-7-5-16(6-8-25)26-13-14-9-19(27(29)30)17(10-18(14)23-26)15-11-22-24(4)12-15/h9-13,16H,5-8H2,1-4H3. The highest BCUT2D eigenvalue weighted by Gasteiger charge is 2.28. The van der Waals surface area contributed by atoms with Crippen LogP contribution in [-0.2, 0) is 11.8 Å². The third kappa shape index (κ3) is 4.37. The third-order valence-corrected chi connectivity index (χ3v) is 5.34. The number of hydrogen-bond acceptors (Lipinski definition) is 6. The number of benzene rings is 1. The molecule has 10 heteroatoms. The molecule has 1 aliphatic heterocycles. The van der Waals surface area contributed by atoms with Gasteiger partial charge in [-0.05, 0) is 39.7 Å². The average Bonchev–Trinajstić information content (AvgIpc) is 3.31. The van der Waals surface area contributed by atoms with Gasteiger partial charge in [-0.2, -0.15) is 10.2 Å². The second kappa shape index (κ2) is 7.68. The van der Waals surface area contributed by atoms with Gasteiger partial charge in [-0.25, -0.2) is 4.79 Å². The first-order valence-corrected chi connectivity index (χ1v) is 10.2. The number of nitro groups is 1. The Morgan fingerprint density at radius 3 is 2.52 bits per heavy atom. The van der Waals surface area contributed by atoms with Gasteiger partial charge in [-0.15, -0.1) is 0 Å². The maximum atomic E-state index is 12.3. The Morgan fingerprint density at radius 2 is 1.94 bits per heavy atom. The van der Waals surface area contributed by atoms with Crippen LogP contribution in [0.3, 0.4) is 0 Å². The fraction of sp³-hybridized carbons (Fsp3) is 0.476. The topological polar surface area (TPSA) is 108 Å². The van der Waals surface area contributed by atoms with E-state index in [0.717, 1.165) is 12.8 Å². The van der Waals surface area contributed by atoms with E-state index < -0.39 is 5.60 Å². The summed E-state index contributed by atoms with van der Waals surface area (Å²) in [5, 5.41) is 21.2. The second-order valence-corrected chi connectivity index (χ2v) is 8.90. The van der Waals surface area contributed by atoms with E-state index in [1.54, 1.807) is 41.2 Å². The summed E-state index contributed by atoms with van der Waals surface area (Å²) in [5.74, 6) is 0. The number of carbonyl (C=O) groups excluding carboxylic acids is 1. The number of aromatic nitrogens is 4. The molecule has 0 unspecified atom stereocenters. The van der Waals surface area contributed by atoms with Gasteiger partial charge in [0.15, 0.2) is 0 Å². The molecule has 0 saturated carbocycles. The highest BCUT2D eigenvalue weighted by molar-refractivity contribution is 5.89. The van der Waals surface area contributed by atoms with Crippen molar-refractivity contribution in [1.29, 1.82) is 0 Å². The summed E-state index contributed by atoms with van der Waals surface area (Å²) in [6, 6.07) is 3.43. The summed E-state index contributed by atoms with van der Waals surface area (Å²) >= 11 is 0. The number of nitrogens with zero attached hydrogens (tertiary/aromatic N) is 6. The van der Waals surface area contributed by atoms with Crippen molar-refractivity contribution in [3.8, 4) is 11.1 Å². The SMILES string of the molecule is Cn1cc(-c2cc3nn(C4CCN(C(=O)OC(C)(C)C)CC4)cc3cc2[N+](=O)[O-])cn1. The normalized spacial score (nSPS) is 15.4. The van der Waals surface area contributed by atoms with Crippen LogP contribution < -0.4 is 0 Å². The number of amides is 1. The Morgan fingerprint density at radius 1 is 1.23 bits per heavy atom. The zero-order valence-corrected chi connectivity index (χ0v) is 18.1. The lowest BCUT2D eigenvalue weighted by Gasteiger charge is -2.33. The van der Waals surface area contributed by atoms with Crippen molar-refractivity contribution in [2.45, 2.75) is 45.3 Å². The molecule has 3 heterocycles. The van der Waals surface area contributed by atoms with E-state index in [4.69, 9.17) is 9.84 Å². The van der Waals surface area contributed by atoms with Crippen molar-refractivity contribution in [3.05, 3.63) is 40.8 Å². The van der Waals surface area contributed by atoms with Crippen molar-refractivity contribution in [1.82, 2.24) is 24.5 Å². The zero-order valence-electron chi connectivity index (χ0n) is 18.1. The fourth-order valence-electron chi connectivity index (χ4n) is 3.85. The molecule has 0 bridgehead atoms. The van der Waals surface area contributed by atoms with Gasteiger partial charge in [-0.3, -0.25) is 19.5 Å². The van der Waals surface area contributed by atoms with Gasteiger partial charge < -0.3 is 9.64 Å². The number of piperidine rings is 1. The molecule has 0 aliphatic carbocycles. The number of ether oxygens (including phenoxy) is 1. The molecule has 10 nitrogen and oxygen atoms in total. The van der Waals surface area contributed by atoms with E-state index in [0.29, 0.717) is 35.1 Å². The Kier molecular flexibility index (Phi) is 5.16. The molecule has 31 heavy (non-hydrogen) atoms. The first-order chi connectivity index (χ1) is 14.6. The van der Waals surface area contributed by atoms with Gasteiger partial charge in [0.05, 0.1) is 28.2 Å². The first-order valence-electron chi connectivity index (χ1n) is 10.2. The zero-order chi connectivity index (χ0) is 22.3. The maximum absolute atomic E-state index is 12.3. The third-order valence-electron chi connectivity index (χ3n) is 5.34. The van der Waals surface area contributed by atoms with Gasteiger partial charge >= 0.3 is 6.09 Å². The molecule has 0 radical (unpaired) electrons. The van der Waals surface area contributed by atoms with Gasteiger partial charge in [0.1, 0.15) is 5.60 Å². The fourth-order valence-corrected chi connectivity index (χ4v) is 3.85. The van der Waals surface area contributed by atoms with E-state index in [1.165, 1.54) is 0 Å². The van der Waals surface area contributed by atoms with Gasteiger partial charge in [0.25, 0.3) is 5.69 Å². The van der Waals surface area contributed by atoms with Crippen molar-refractivity contribution >= 4 is 22.7 Å². The molecule has 0 spiro atoms. The van der Waals surface area contributed by atoms with Crippen molar-refractivity contribution in [2.75, 3.05) is 13.1 Å². The lowest BCUT2D eigenvalue weighted by atomic mass is 10.0. The predicted octanol–water partition coefficient (Wildman–Crippen LogP) is 3.92. The summed E-state index contributed by atoms with van der Waals surface area (Å²) < 4.78 is 8.93. The van der Waals surface area contributed by atoms with Crippen molar-refractivity contribution in [3.63, 3.8) is 0 Å². The lowest BCUT2D eigenvalue weighted by Crippen LogP contribution is -2.42. The molecule has 1 saturated heterocycles. The largest absolute Gasteiger partial charge is 0.444 e. The van der Waals surface area contributed by atoms with Crippen LogP contribution in [0.5, 0.6) is 0 Å². The van der Waals surface area contributed by atoms with Crippen LogP contribution >= 0.6 is 0 Å². The highest BCUT2D eigenvalue weighted by atomic mass is 16.6. The highest BCUT2D eigenvalue weighted by Crippen LogP contribution is 2.34. The maximum Gasteiger partial charge on any atom is 0.410 e. The molecule has 4 rings (SSSR count). The van der Waals surface area contributed by atoms with Crippen LogP contribution in [0.1, 0.15) is 39.7 Å². The Labute approximate surface area is 179 Å². The molecule has 1 amide bonds. The minimum atomic E-state index is -0.520. The van der Waals surface area contributed by atoms with Gasteiger partial charge in [0.2, 0.25) is 0 Å². The molecular weight excluding hydrogens is 400 g/mol. The molecule has 164 valence electrons. The Hall–Kier alpha value is -3.43. The van der Waals surface area contributed by atoms with E-state index >= 15 is 0 Å². The number of likely N-dealkylation sites (tertiary alicyclic amines) is 1. The number of nitro benzene ring substituents is 1. The monoisotopic (exact) mass is 426 g/mol. The molecular formula is C21H26N6O4. The summed E-state index contributed by atoms with van der Waals surface area (Å²) in [6.07, 6.45) is 6.39. The molecule has 1 fully saturated rings. The predicted molar refractivity (Wildman–Crippen MR) is 115 cm³/mol. The van der Waals surface area contributed by atoms with Crippen molar-refractivity contribution < 1.29 is 14.5 Å². The smallest absolute Gasteiger partial charge is 0.410 e. The lowest BCUT2D eigenvalue weighted by molar-refractivity contribution is -0.384. The summed E-state index contributed by atoms with van der Waals surface area (Å²) in [5.41, 5.74) is 1.37. The number of carbonyl (C=O) groups is 1. The Balaban J connectivity index is 1.56. The minimum Gasteiger partial charge on any atom is -0.444 e. The first kappa shape index (κ1) is 20.8. The van der Waals surface area contributed by atoms with E-state index in [1.807, 2.05) is 31.6 Å². The van der Waals surface area contributed by atoms with Gasteiger partial charge in [0, 0.05) is 49.5 Å². The number of aryl methyl sites for hydroxylation is 1. The molecule has 2 aromatic heterocycles. The molecule has 1 aromatic carbocycles. The van der Waals surface area contributed by atoms with Crippen LogP contribution in [-0.4, -0.2) is 54.2 Å². The summed E-state index contributed by atoms with van der Waals surface area (Å²) in [6.45, 7) is 6.72. The summed E-state index contributed by atoms with van der Waals surface area (Å²) in [4.78, 5) is 25.3. The molecule has 0 atom stereocenters. The number of rotatable bonds is 3. The van der Waals surface area contributed by atoms with Crippen LogP contribution in [0.2, 0.25) is 0 Å².